The summed E-state index contributed by atoms with van der Waals surface area (Å²) in [5.41, 5.74) is 26.2. The maximum Gasteiger partial charge on any atom is 0.360 e. The normalized spacial score (nSPS) is 10.6. The number of hydrogen-bond acceptors (Lipinski definition) is 37. The minimum absolute atomic E-state index is 0. The number of carboxylic acid groups (broad SMARTS) is 4. The van der Waals surface area contributed by atoms with Crippen molar-refractivity contribution in [2.75, 3.05) is 25.0 Å². The van der Waals surface area contributed by atoms with Crippen LogP contribution in [0.1, 0.15) is 120 Å². The molecule has 45 nitrogen and oxygen atoms in total. The fourth-order valence-electron chi connectivity index (χ4n) is 5.47. The fourth-order valence-corrected chi connectivity index (χ4v) is 5.89. The number of carbonyl (C=O) groups excluding carboxylic acids is 11. The van der Waals surface area contributed by atoms with Gasteiger partial charge in [-0.3, -0.25) is 114 Å². The number of amides is 9. The number of thiol groups is 2. The molecule has 105 heavy (non-hydrogen) atoms. The first kappa shape index (κ1) is 93.8. The Labute approximate surface area is 604 Å². The lowest BCUT2D eigenvalue weighted by atomic mass is 10.1. The second-order valence-electron chi connectivity index (χ2n) is 18.3. The molecule has 19 N–H and O–H groups in total. The van der Waals surface area contributed by atoms with Crippen LogP contribution in [0.4, 0.5) is 0 Å². The van der Waals surface area contributed by atoms with E-state index in [0.717, 1.165) is 6.92 Å². The molecule has 4 unspecified atom stereocenters. The number of rotatable bonds is 23. The summed E-state index contributed by atoms with van der Waals surface area (Å²) in [5, 5.41) is 43.7. The molecule has 562 valence electrons. The number of imide groups is 3. The molecule has 9 amide bonds. The fraction of sp³-hybridized carbons (Fsp3) is 0.259. The number of aromatic carboxylic acids is 1. The molecule has 4 atom stereocenters. The Kier molecular flexibility index (Phi) is 49.6. The minimum Gasteiger partial charge on any atom is -0.481 e. The summed E-state index contributed by atoms with van der Waals surface area (Å²) in [7, 11) is 0. The average molecular weight is 1510 g/mol. The number of esters is 2. The van der Waals surface area contributed by atoms with Crippen LogP contribution in [0.15, 0.2) is 130 Å². The third-order valence-corrected chi connectivity index (χ3v) is 11.1. The number of nitrogens with two attached hydrogens (primary N) is 5. The van der Waals surface area contributed by atoms with Crippen molar-refractivity contribution in [2.45, 2.75) is 71.1 Å². The first-order valence-corrected chi connectivity index (χ1v) is 29.8. The van der Waals surface area contributed by atoms with Gasteiger partial charge in [-0.05, 0) is 12.8 Å². The van der Waals surface area contributed by atoms with E-state index in [1.54, 1.807) is 0 Å². The number of carboxylic acids is 4. The van der Waals surface area contributed by atoms with Crippen LogP contribution >= 0.6 is 25.3 Å². The summed E-state index contributed by atoms with van der Waals surface area (Å²) in [6, 6.07) is -4.17. The Balaban J connectivity index is 0. The van der Waals surface area contributed by atoms with Crippen molar-refractivity contribution in [1.82, 2.24) is 96.4 Å². The number of primary amides is 1. The van der Waals surface area contributed by atoms with Gasteiger partial charge in [-0.25, -0.2) is 49.3 Å². The van der Waals surface area contributed by atoms with Crippen LogP contribution in [0.5, 0.6) is 0 Å². The highest BCUT2D eigenvalue weighted by Gasteiger charge is 2.24. The predicted molar refractivity (Wildman–Crippen MR) is 363 cm³/mol. The smallest absolute Gasteiger partial charge is 0.360 e. The summed E-state index contributed by atoms with van der Waals surface area (Å²) < 4.78 is 9.13. The third-order valence-electron chi connectivity index (χ3n) is 10.4. The molecule has 7 heterocycles. The van der Waals surface area contributed by atoms with E-state index in [-0.39, 0.29) is 104 Å². The molecule has 0 radical (unpaired) electrons. The van der Waals surface area contributed by atoms with Crippen molar-refractivity contribution in [3.05, 3.63) is 170 Å². The lowest BCUT2D eigenvalue weighted by Gasteiger charge is -2.16. The van der Waals surface area contributed by atoms with Crippen molar-refractivity contribution < 1.29 is 102 Å². The predicted octanol–water partition coefficient (Wildman–Crippen LogP) is -3.99. The van der Waals surface area contributed by atoms with Gasteiger partial charge in [-0.2, -0.15) is 25.3 Å². The molecule has 0 fully saturated rings. The van der Waals surface area contributed by atoms with Gasteiger partial charge in [0, 0.05) is 125 Å². The summed E-state index contributed by atoms with van der Waals surface area (Å²) in [6.45, 7) is 2.11. The average Bonchev–Trinajstić information content (AvgIpc) is 0.915. The van der Waals surface area contributed by atoms with Gasteiger partial charge in [0.2, 0.25) is 29.5 Å². The van der Waals surface area contributed by atoms with Crippen molar-refractivity contribution in [1.29, 1.82) is 0 Å². The van der Waals surface area contributed by atoms with Crippen LogP contribution in [0.2, 0.25) is 0 Å². The van der Waals surface area contributed by atoms with Crippen LogP contribution in [0.25, 0.3) is 0 Å². The first-order valence-electron chi connectivity index (χ1n) is 28.5. The summed E-state index contributed by atoms with van der Waals surface area (Å²) in [5.74, 6) is -10.8. The number of aromatic nitrogens is 14. The van der Waals surface area contributed by atoms with Crippen LogP contribution in [-0.4, -0.2) is 228 Å². The molecule has 0 saturated carbocycles. The quantitative estimate of drug-likeness (QED) is 0.0165. The first-order chi connectivity index (χ1) is 49.4. The van der Waals surface area contributed by atoms with E-state index in [1.807, 2.05) is 0 Å². The Hall–Kier alpha value is -13.3. The SMILES string of the molecule is C.CC(=O)NCOC(=O)c1cnccn1.CC(=O)O.NC(=O)c1cnccn1.NC(CCC(=O)NC(=O)c1cnccn1)C(=O)O.NC(CCC(=O)NC(CS)C(=O)NC(=O)c1cnccn1)C(=O)O.NC(CS)C(=O)NC(=O)c1cnccn1.NCOC(=O)c1cnccn1.O=C(O)c1cnccn1. The number of aliphatic carboxylic acids is 3. The second-order valence-corrected chi connectivity index (χ2v) is 19.0. The zero-order chi connectivity index (χ0) is 78.4. The molecule has 7 aromatic rings. The van der Waals surface area contributed by atoms with E-state index >= 15 is 0 Å². The van der Waals surface area contributed by atoms with Crippen LogP contribution in [-0.2, 0) is 47.8 Å². The molecule has 7 rings (SSSR count). The molecule has 0 aliphatic carbocycles. The Morgan fingerprint density at radius 1 is 0.438 bits per heavy atom. The standard InChI is InChI=1S/C13H17N5O5S.C10H12N4O4.C8H10N4O2S.C8H9N3O3.C6H7N3O2.C5H5N3O.C5H4N2O2.C2H4O2.CH4/c14-7(13(22)23)1-2-10(19)17-9(6-24)12(21)18-11(20)8-5-15-3-4-16-8;11-6(10(17)18)1-2-8(15)14-9(16)7-5-12-3-4-13-7;9-5(4-15)7(13)12-8(14)6-3-10-1-2-11-6;1-6(12)11-5-14-8(13)7-4-9-2-3-10-7;7-4-11-6(10)5-3-8-1-2-9-5;6-5(9)4-3-7-1-2-8-4;8-5(9)4-3-6-1-2-7-4;1-2(3)4;/h3-5,7,9,24H,1-2,6,14H2,(H,17,19)(H,22,23)(H,18,20,21);3-6H,1-2,11H2,(H,17,18)(H,14,15,16);1-3,5,15H,4,9H2,(H,12,13,14);2-4H,5H2,1H3,(H,11,12);1-3H,4,7H2;1-3H,(H2,6,9);1-3H,(H,8,9);1H3,(H,3,4);1H4. The van der Waals surface area contributed by atoms with Gasteiger partial charge in [0.05, 0.1) is 49.4 Å². The van der Waals surface area contributed by atoms with Crippen LogP contribution in [0.3, 0.4) is 0 Å². The molecule has 0 spiro atoms. The van der Waals surface area contributed by atoms with Gasteiger partial charge in [-0.15, -0.1) is 0 Å². The van der Waals surface area contributed by atoms with Crippen molar-refractivity contribution in [2.24, 2.45) is 28.7 Å². The summed E-state index contributed by atoms with van der Waals surface area (Å²) in [6.07, 6.45) is 27.9. The van der Waals surface area contributed by atoms with E-state index in [4.69, 9.17) is 53.9 Å². The van der Waals surface area contributed by atoms with Crippen molar-refractivity contribution >= 4 is 114 Å². The number of ether oxygens (including phenoxy) is 2. The number of nitrogens with one attached hydrogen (secondary N) is 5. The Morgan fingerprint density at radius 3 is 1.05 bits per heavy atom. The van der Waals surface area contributed by atoms with Crippen LogP contribution < -0.4 is 55.3 Å². The molecular weight excluding hydrogens is 1430 g/mol. The highest BCUT2D eigenvalue weighted by Crippen LogP contribution is 2.01. The maximum absolute atomic E-state index is 12.0. The van der Waals surface area contributed by atoms with E-state index in [9.17, 15) is 67.1 Å². The summed E-state index contributed by atoms with van der Waals surface area (Å²) >= 11 is 7.79. The van der Waals surface area contributed by atoms with Gasteiger partial charge < -0.3 is 63.5 Å². The van der Waals surface area contributed by atoms with Gasteiger partial charge in [0.15, 0.2) is 23.8 Å². The molecule has 47 heteroatoms. The zero-order valence-electron chi connectivity index (χ0n) is 54.4. The number of carbonyl (C=O) groups is 15. The second kappa shape index (κ2) is 55.5. The van der Waals surface area contributed by atoms with E-state index in [1.165, 1.54) is 137 Å². The monoisotopic (exact) mass is 1500 g/mol. The molecule has 7 aromatic heterocycles. The lowest BCUT2D eigenvalue weighted by molar-refractivity contribution is -0.140. The molecular formula is C58H72N24O21S2. The van der Waals surface area contributed by atoms with Gasteiger partial charge in [0.25, 0.3) is 29.6 Å². The van der Waals surface area contributed by atoms with E-state index in [0.29, 0.717) is 0 Å². The van der Waals surface area contributed by atoms with E-state index in [2.05, 4.69) is 131 Å². The minimum atomic E-state index is -1.22. The van der Waals surface area contributed by atoms with E-state index < -0.39 is 107 Å². The molecule has 0 aliphatic heterocycles. The summed E-state index contributed by atoms with van der Waals surface area (Å²) in [4.78, 5) is 215. The molecule has 0 aliphatic rings. The van der Waals surface area contributed by atoms with Gasteiger partial charge in [0.1, 0.15) is 47.6 Å². The van der Waals surface area contributed by atoms with Gasteiger partial charge in [-0.1, -0.05) is 7.43 Å². The van der Waals surface area contributed by atoms with Crippen LogP contribution in [0, 0.1) is 0 Å². The topological polar surface area (TPSA) is 726 Å². The molecule has 0 aromatic carbocycles. The lowest BCUT2D eigenvalue weighted by Crippen LogP contribution is -2.49. The largest absolute Gasteiger partial charge is 0.481 e. The highest BCUT2D eigenvalue weighted by atomic mass is 32.1. The Morgan fingerprint density at radius 2 is 0.762 bits per heavy atom. The highest BCUT2D eigenvalue weighted by molar-refractivity contribution is 7.80. The third kappa shape index (κ3) is 45.2. The number of nitrogens with zero attached hydrogens (tertiary/aromatic N) is 14. The molecule has 0 saturated heterocycles. The Bertz CT molecular complexity index is 3800. The number of hydrogen-bond donors (Lipinski definition) is 16. The van der Waals surface area contributed by atoms with Gasteiger partial charge >= 0.3 is 29.8 Å². The zero-order valence-corrected chi connectivity index (χ0v) is 56.2. The van der Waals surface area contributed by atoms with Crippen molar-refractivity contribution in [3.8, 4) is 0 Å². The van der Waals surface area contributed by atoms with Crippen molar-refractivity contribution in [3.63, 3.8) is 0 Å². The molecule has 0 bridgehead atoms. The maximum atomic E-state index is 12.0.